The molecule has 2 aromatic heterocycles. The molecule has 0 N–H and O–H groups in total. The molecule has 0 aliphatic carbocycles. The van der Waals surface area contributed by atoms with Gasteiger partial charge in [0.2, 0.25) is 5.82 Å². The molecule has 4 aromatic rings. The van der Waals surface area contributed by atoms with Crippen LogP contribution in [0.2, 0.25) is 0 Å². The van der Waals surface area contributed by atoms with Crippen molar-refractivity contribution < 1.29 is 0 Å². The summed E-state index contributed by atoms with van der Waals surface area (Å²) in [6.07, 6.45) is 1.73. The normalized spacial score (nSPS) is 11.0. The smallest absolute Gasteiger partial charge is 0.209 e. The second-order valence-electron chi connectivity index (χ2n) is 5.34. The number of rotatable bonds is 4. The van der Waals surface area contributed by atoms with E-state index < -0.39 is 0 Å². The molecule has 25 heavy (non-hydrogen) atoms. The molecule has 0 aliphatic rings. The van der Waals surface area contributed by atoms with Gasteiger partial charge < -0.3 is 0 Å². The van der Waals surface area contributed by atoms with Gasteiger partial charge >= 0.3 is 0 Å². The molecule has 4 rings (SSSR count). The molecular formula is C17H12Br2N6. The van der Waals surface area contributed by atoms with Crippen LogP contribution in [0.3, 0.4) is 0 Å². The average molecular weight is 460 g/mol. The van der Waals surface area contributed by atoms with Crippen LogP contribution < -0.4 is 0 Å². The van der Waals surface area contributed by atoms with Crippen LogP contribution in [0.15, 0.2) is 69.9 Å². The maximum Gasteiger partial charge on any atom is 0.209 e. The molecule has 0 bridgehead atoms. The van der Waals surface area contributed by atoms with Gasteiger partial charge in [-0.25, -0.2) is 4.68 Å². The van der Waals surface area contributed by atoms with Crippen molar-refractivity contribution >= 4 is 31.9 Å². The second kappa shape index (κ2) is 6.89. The third-order valence-electron chi connectivity index (χ3n) is 3.65. The Bertz CT molecular complexity index is 1010. The highest BCUT2D eigenvalue weighted by Crippen LogP contribution is 2.30. The Morgan fingerprint density at radius 3 is 2.48 bits per heavy atom. The lowest BCUT2D eigenvalue weighted by Gasteiger charge is -2.05. The van der Waals surface area contributed by atoms with Gasteiger partial charge in [-0.1, -0.05) is 42.5 Å². The Kier molecular flexibility index (Phi) is 4.46. The predicted octanol–water partition coefficient (Wildman–Crippen LogP) is 4.10. The first-order valence-corrected chi connectivity index (χ1v) is 9.11. The zero-order valence-corrected chi connectivity index (χ0v) is 16.1. The number of halogens is 2. The van der Waals surface area contributed by atoms with Gasteiger partial charge in [0, 0.05) is 4.47 Å². The Balaban J connectivity index is 1.64. The Morgan fingerprint density at radius 2 is 1.68 bits per heavy atom. The molecular weight excluding hydrogens is 448 g/mol. The van der Waals surface area contributed by atoms with E-state index in [0.717, 1.165) is 25.9 Å². The fourth-order valence-corrected chi connectivity index (χ4v) is 3.45. The van der Waals surface area contributed by atoms with Crippen LogP contribution >= 0.6 is 31.9 Å². The summed E-state index contributed by atoms with van der Waals surface area (Å²) in [6, 6.07) is 17.9. The minimum absolute atomic E-state index is 0.529. The van der Waals surface area contributed by atoms with Crippen LogP contribution in [0.25, 0.3) is 17.1 Å². The standard InChI is InChI=1S/C17H12Br2N6/c18-14-8-4-5-9-15(14)25-16(19)13(10-20-25)17-21-23-24(22-17)11-12-6-2-1-3-7-12/h1-10H,11H2. The van der Waals surface area contributed by atoms with Crippen LogP contribution in [0.1, 0.15) is 5.56 Å². The van der Waals surface area contributed by atoms with Gasteiger partial charge in [-0.15, -0.1) is 10.2 Å². The third kappa shape index (κ3) is 3.27. The number of para-hydroxylation sites is 1. The molecule has 0 amide bonds. The van der Waals surface area contributed by atoms with E-state index >= 15 is 0 Å². The molecule has 0 saturated carbocycles. The van der Waals surface area contributed by atoms with Gasteiger partial charge in [0.1, 0.15) is 4.60 Å². The maximum absolute atomic E-state index is 4.47. The van der Waals surface area contributed by atoms with Gasteiger partial charge in [0.05, 0.1) is 24.0 Å². The summed E-state index contributed by atoms with van der Waals surface area (Å²) in [6.45, 7) is 0.573. The van der Waals surface area contributed by atoms with Gasteiger partial charge in [0.25, 0.3) is 0 Å². The number of tetrazole rings is 1. The molecule has 0 fully saturated rings. The summed E-state index contributed by atoms with van der Waals surface area (Å²) in [7, 11) is 0. The lowest BCUT2D eigenvalue weighted by molar-refractivity contribution is 0.573. The van der Waals surface area contributed by atoms with E-state index in [1.807, 2.05) is 54.6 Å². The van der Waals surface area contributed by atoms with Crippen LogP contribution in [-0.4, -0.2) is 30.0 Å². The van der Waals surface area contributed by atoms with Crippen LogP contribution in [0, 0.1) is 0 Å². The Hall–Kier alpha value is -2.32. The number of hydrogen-bond acceptors (Lipinski definition) is 4. The van der Waals surface area contributed by atoms with Crippen LogP contribution in [-0.2, 0) is 6.54 Å². The van der Waals surface area contributed by atoms with E-state index in [-0.39, 0.29) is 0 Å². The summed E-state index contributed by atoms with van der Waals surface area (Å²) >= 11 is 7.14. The number of nitrogens with zero attached hydrogens (tertiary/aromatic N) is 6. The van der Waals surface area contributed by atoms with E-state index in [9.17, 15) is 0 Å². The monoisotopic (exact) mass is 458 g/mol. The first kappa shape index (κ1) is 16.2. The number of aromatic nitrogens is 6. The molecule has 2 heterocycles. The number of benzene rings is 2. The van der Waals surface area contributed by atoms with Gasteiger partial charge in [-0.2, -0.15) is 9.90 Å². The zero-order chi connectivity index (χ0) is 17.2. The SMILES string of the molecule is Brc1ccccc1-n1ncc(-c2nnn(Cc3ccccc3)n2)c1Br. The van der Waals surface area contributed by atoms with Crippen molar-refractivity contribution in [2.24, 2.45) is 0 Å². The fraction of sp³-hybridized carbons (Fsp3) is 0.0588. The van der Waals surface area contributed by atoms with Gasteiger partial charge in [-0.05, 0) is 54.8 Å². The van der Waals surface area contributed by atoms with E-state index in [4.69, 9.17) is 0 Å². The lowest BCUT2D eigenvalue weighted by atomic mass is 10.2. The Morgan fingerprint density at radius 1 is 0.920 bits per heavy atom. The third-order valence-corrected chi connectivity index (χ3v) is 5.09. The summed E-state index contributed by atoms with van der Waals surface area (Å²) < 4.78 is 3.52. The molecule has 0 aliphatic heterocycles. The lowest BCUT2D eigenvalue weighted by Crippen LogP contribution is -2.03. The molecule has 2 aromatic carbocycles. The molecule has 0 saturated heterocycles. The van der Waals surface area contributed by atoms with E-state index in [0.29, 0.717) is 12.4 Å². The molecule has 8 heteroatoms. The molecule has 0 unspecified atom stereocenters. The van der Waals surface area contributed by atoms with Crippen molar-refractivity contribution in [3.63, 3.8) is 0 Å². The molecule has 0 atom stereocenters. The van der Waals surface area contributed by atoms with Gasteiger partial charge in [-0.3, -0.25) is 0 Å². The highest BCUT2D eigenvalue weighted by Gasteiger charge is 2.17. The largest absolute Gasteiger partial charge is 0.225 e. The zero-order valence-electron chi connectivity index (χ0n) is 12.9. The quantitative estimate of drug-likeness (QED) is 0.461. The number of hydrogen-bond donors (Lipinski definition) is 0. The second-order valence-corrected chi connectivity index (χ2v) is 6.95. The average Bonchev–Trinajstić information content (AvgIpc) is 3.23. The van der Waals surface area contributed by atoms with E-state index in [1.165, 1.54) is 0 Å². The van der Waals surface area contributed by atoms with Crippen molar-refractivity contribution in [1.82, 2.24) is 30.0 Å². The maximum atomic E-state index is 4.47. The predicted molar refractivity (Wildman–Crippen MR) is 101 cm³/mol. The van der Waals surface area contributed by atoms with Crippen LogP contribution in [0.4, 0.5) is 0 Å². The first-order valence-electron chi connectivity index (χ1n) is 7.53. The highest BCUT2D eigenvalue weighted by molar-refractivity contribution is 9.11. The van der Waals surface area contributed by atoms with Crippen LogP contribution in [0.5, 0.6) is 0 Å². The molecule has 0 radical (unpaired) electrons. The van der Waals surface area contributed by atoms with Gasteiger partial charge in [0.15, 0.2) is 0 Å². The summed E-state index contributed by atoms with van der Waals surface area (Å²) in [5.41, 5.74) is 2.83. The Labute approximate surface area is 160 Å². The molecule has 0 spiro atoms. The fourth-order valence-electron chi connectivity index (χ4n) is 2.44. The van der Waals surface area contributed by atoms with Crippen molar-refractivity contribution in [3.8, 4) is 17.1 Å². The van der Waals surface area contributed by atoms with Crippen molar-refractivity contribution in [1.29, 1.82) is 0 Å². The first-order chi connectivity index (χ1) is 12.2. The van der Waals surface area contributed by atoms with Crippen molar-refractivity contribution in [3.05, 3.63) is 75.4 Å². The topological polar surface area (TPSA) is 61.4 Å². The van der Waals surface area contributed by atoms with E-state index in [2.05, 4.69) is 52.4 Å². The van der Waals surface area contributed by atoms with Crippen molar-refractivity contribution in [2.45, 2.75) is 6.54 Å². The minimum Gasteiger partial charge on any atom is -0.225 e. The minimum atomic E-state index is 0.529. The van der Waals surface area contributed by atoms with E-state index in [1.54, 1.807) is 15.7 Å². The molecule has 6 nitrogen and oxygen atoms in total. The van der Waals surface area contributed by atoms with Crippen molar-refractivity contribution in [2.75, 3.05) is 0 Å². The summed E-state index contributed by atoms with van der Waals surface area (Å²) in [5, 5.41) is 17.2. The summed E-state index contributed by atoms with van der Waals surface area (Å²) in [4.78, 5) is 1.58. The highest BCUT2D eigenvalue weighted by atomic mass is 79.9. The molecule has 124 valence electrons. The summed E-state index contributed by atoms with van der Waals surface area (Å²) in [5.74, 6) is 0.529.